The normalized spacial score (nSPS) is 41.0. The summed E-state index contributed by atoms with van der Waals surface area (Å²) in [4.78, 5) is 33.6. The summed E-state index contributed by atoms with van der Waals surface area (Å²) in [5, 5.41) is 26.8. The van der Waals surface area contributed by atoms with Crippen LogP contribution in [0.25, 0.3) is 0 Å². The van der Waals surface area contributed by atoms with Gasteiger partial charge in [-0.25, -0.2) is 0 Å². The molecule has 0 aromatic carbocycles. The van der Waals surface area contributed by atoms with Crippen molar-refractivity contribution in [2.75, 3.05) is 13.7 Å². The third-order valence-electron chi connectivity index (χ3n) is 14.7. The molecular formula is C43H80O9. The van der Waals surface area contributed by atoms with Crippen molar-refractivity contribution in [1.82, 2.24) is 0 Å². The van der Waals surface area contributed by atoms with E-state index in [-0.39, 0.29) is 67.3 Å². The van der Waals surface area contributed by atoms with E-state index in [0.29, 0.717) is 37.2 Å². The van der Waals surface area contributed by atoms with Crippen molar-refractivity contribution in [1.29, 1.82) is 0 Å². The van der Waals surface area contributed by atoms with Crippen LogP contribution < -0.4 is 0 Å². The van der Waals surface area contributed by atoms with Crippen LogP contribution in [0.1, 0.15) is 129 Å². The van der Waals surface area contributed by atoms with E-state index in [0.717, 1.165) is 73.2 Å². The molecule has 306 valence electrons. The van der Waals surface area contributed by atoms with Crippen LogP contribution in [0.4, 0.5) is 0 Å². The average molecular weight is 741 g/mol. The Morgan fingerprint density at radius 1 is 0.750 bits per heavy atom. The molecule has 0 saturated heterocycles. The van der Waals surface area contributed by atoms with Crippen molar-refractivity contribution in [3.05, 3.63) is 12.5 Å². The van der Waals surface area contributed by atoms with Crippen LogP contribution in [-0.4, -0.2) is 66.1 Å². The molecule has 0 radical (unpaired) electrons. The highest BCUT2D eigenvalue weighted by atomic mass is 16.7. The molecule has 0 aromatic rings. The molecule has 9 heteroatoms. The number of hydrogen-bond acceptors (Lipinski definition) is 9. The minimum Gasteiger partial charge on any atom is -0.466 e. The lowest BCUT2D eigenvalue weighted by atomic mass is 9.69. The van der Waals surface area contributed by atoms with Gasteiger partial charge in [-0.2, -0.15) is 0 Å². The Balaban J connectivity index is 0.000000993. The maximum absolute atomic E-state index is 13.0. The van der Waals surface area contributed by atoms with E-state index in [2.05, 4.69) is 6.58 Å². The van der Waals surface area contributed by atoms with Crippen molar-refractivity contribution in [2.45, 2.75) is 146 Å². The van der Waals surface area contributed by atoms with Gasteiger partial charge in [-0.15, -0.1) is 0 Å². The van der Waals surface area contributed by atoms with Crippen LogP contribution in [0.15, 0.2) is 12.5 Å². The van der Waals surface area contributed by atoms with Crippen LogP contribution in [0.3, 0.4) is 0 Å². The molecule has 8 fully saturated rings. The van der Waals surface area contributed by atoms with E-state index < -0.39 is 11.4 Å². The molecule has 9 nitrogen and oxygen atoms in total. The van der Waals surface area contributed by atoms with Gasteiger partial charge in [0.1, 0.15) is 12.9 Å². The molecule has 0 aromatic heterocycles. The standard InChI is InChI=1S/C25H38O5.C12H18O2.CH4O.CH2O.4CH4.H2/c1-6-25(5,24(27)29-15(4)28-7-2)13-14(3)23(26)30-20-12-18-11-19(20)22-17-9-8-16(10-17)21(18)22;13-11-7-4-8(12(11)14)10-6-2-1-5(3-6)9(7)10;2*1-2;;;;;/h14,16-22H,4,6-13H2,1-3,5H3;5-14H,1-4H2;2H,1H3;1H2;4*1H4;1H. The summed E-state index contributed by atoms with van der Waals surface area (Å²) in [7, 11) is 1.00. The summed E-state index contributed by atoms with van der Waals surface area (Å²) in [5.41, 5.74) is -0.775. The second kappa shape index (κ2) is 19.6. The average Bonchev–Trinajstić information content (AvgIpc) is 3.94. The number of rotatable bonds is 9. The largest absolute Gasteiger partial charge is 0.466 e. The fourth-order valence-electron chi connectivity index (χ4n) is 13.0. The number of carbonyl (C=O) groups is 3. The summed E-state index contributed by atoms with van der Waals surface area (Å²) in [6.45, 7) is 13.5. The zero-order valence-electron chi connectivity index (χ0n) is 29.9. The van der Waals surface area contributed by atoms with Crippen molar-refractivity contribution in [3.63, 3.8) is 0 Å². The summed E-state index contributed by atoms with van der Waals surface area (Å²) in [6.07, 6.45) is 12.1. The lowest BCUT2D eigenvalue weighted by Crippen LogP contribution is -2.44. The predicted molar refractivity (Wildman–Crippen MR) is 209 cm³/mol. The third kappa shape index (κ3) is 8.32. The van der Waals surface area contributed by atoms with E-state index >= 15 is 0 Å². The monoisotopic (exact) mass is 741 g/mol. The van der Waals surface area contributed by atoms with E-state index in [9.17, 15) is 19.8 Å². The van der Waals surface area contributed by atoms with Gasteiger partial charge in [-0.05, 0) is 162 Å². The molecule has 52 heavy (non-hydrogen) atoms. The Morgan fingerprint density at radius 2 is 1.21 bits per heavy atom. The SMILES string of the molecule is C.C.C.C.C=C(OCC)OC(=O)C(C)(CC)CC(C)C(=O)OC1CC2CC1C1C3CCC(C3)C21.C=O.CO.OC1C(O)C2CC1C1C3CCC(C3)C21.[HH]. The molecule has 0 heterocycles. The molecule has 8 rings (SSSR count). The molecule has 0 spiro atoms. The third-order valence-corrected chi connectivity index (χ3v) is 14.7. The van der Waals surface area contributed by atoms with Gasteiger partial charge in [0, 0.05) is 8.54 Å². The Morgan fingerprint density at radius 3 is 1.67 bits per heavy atom. The van der Waals surface area contributed by atoms with Crippen molar-refractivity contribution in [3.8, 4) is 0 Å². The Kier molecular flexibility index (Phi) is 18.1. The zero-order chi connectivity index (χ0) is 35.1. The Hall–Kier alpha value is -1.97. The van der Waals surface area contributed by atoms with Crippen molar-refractivity contribution >= 4 is 18.7 Å². The first-order valence-electron chi connectivity index (χ1n) is 18.9. The number of aliphatic hydroxyl groups is 3. The lowest BCUT2D eigenvalue weighted by molar-refractivity contribution is -0.163. The molecule has 17 unspecified atom stereocenters. The smallest absolute Gasteiger partial charge is 0.319 e. The number of fused-ring (bicyclic) bond motifs is 18. The first-order valence-corrected chi connectivity index (χ1v) is 18.9. The first-order chi connectivity index (χ1) is 23.0. The highest BCUT2D eigenvalue weighted by Crippen LogP contribution is 2.68. The van der Waals surface area contributed by atoms with E-state index in [4.69, 9.17) is 24.1 Å². The number of esters is 2. The fraction of sp³-hybridized carbons (Fsp3) is 0.884. The van der Waals surface area contributed by atoms with Gasteiger partial charge in [-0.3, -0.25) is 9.59 Å². The number of hydrogen-bond donors (Lipinski definition) is 3. The van der Waals surface area contributed by atoms with Crippen molar-refractivity contribution < 1.29 is 45.3 Å². The summed E-state index contributed by atoms with van der Waals surface area (Å²) >= 11 is 0. The molecule has 0 amide bonds. The molecule has 17 atom stereocenters. The van der Waals surface area contributed by atoms with Crippen LogP contribution in [0, 0.1) is 82.3 Å². The second-order valence-electron chi connectivity index (χ2n) is 16.6. The number of aliphatic hydroxyl groups excluding tert-OH is 3. The second-order valence-corrected chi connectivity index (χ2v) is 16.6. The Labute approximate surface area is 318 Å². The van der Waals surface area contributed by atoms with E-state index in [1.54, 1.807) is 0 Å². The first kappa shape index (κ1) is 48.0. The van der Waals surface area contributed by atoms with E-state index in [1.807, 2.05) is 34.5 Å². The van der Waals surface area contributed by atoms with Crippen LogP contribution in [0.5, 0.6) is 0 Å². The quantitative estimate of drug-likeness (QED) is 0.121. The zero-order valence-corrected chi connectivity index (χ0v) is 29.9. The number of carbonyl (C=O) groups excluding carboxylic acids is 3. The van der Waals surface area contributed by atoms with Crippen LogP contribution in [-0.2, 0) is 28.6 Å². The molecule has 8 saturated carbocycles. The van der Waals surface area contributed by atoms with Gasteiger partial charge >= 0.3 is 11.9 Å². The fourth-order valence-corrected chi connectivity index (χ4v) is 13.0. The maximum atomic E-state index is 13.0. The minimum atomic E-state index is -0.775. The number of ether oxygens (including phenoxy) is 3. The molecule has 8 aliphatic rings. The van der Waals surface area contributed by atoms with Crippen LogP contribution in [0.2, 0.25) is 0 Å². The van der Waals surface area contributed by atoms with Gasteiger partial charge in [0.05, 0.1) is 30.1 Å². The molecular weight excluding hydrogens is 660 g/mol. The van der Waals surface area contributed by atoms with Gasteiger partial charge in [0.15, 0.2) is 0 Å². The molecule has 3 N–H and O–H groups in total. The minimum absolute atomic E-state index is 0. The van der Waals surface area contributed by atoms with Crippen molar-refractivity contribution in [2.24, 2.45) is 82.3 Å². The Bertz CT molecular complexity index is 1140. The van der Waals surface area contributed by atoms with Gasteiger partial charge in [0.25, 0.3) is 5.95 Å². The van der Waals surface area contributed by atoms with Crippen LogP contribution >= 0.6 is 0 Å². The summed E-state index contributed by atoms with van der Waals surface area (Å²) in [6, 6.07) is 0. The molecule has 8 aliphatic carbocycles. The highest BCUT2D eigenvalue weighted by molar-refractivity contribution is 5.79. The molecule has 0 aliphatic heterocycles. The van der Waals surface area contributed by atoms with E-state index in [1.165, 1.54) is 44.9 Å². The molecule has 8 bridgehead atoms. The highest BCUT2D eigenvalue weighted by Gasteiger charge is 2.65. The summed E-state index contributed by atoms with van der Waals surface area (Å²) in [5.74, 6) is 8.29. The topological polar surface area (TPSA) is 140 Å². The predicted octanol–water partition coefficient (Wildman–Crippen LogP) is 8.33. The lowest BCUT2D eigenvalue weighted by Gasteiger charge is -2.39. The van der Waals surface area contributed by atoms with Gasteiger partial charge < -0.3 is 34.3 Å². The maximum Gasteiger partial charge on any atom is 0.319 e. The van der Waals surface area contributed by atoms with Gasteiger partial charge in [0.2, 0.25) is 0 Å². The van der Waals surface area contributed by atoms with Gasteiger partial charge in [-0.1, -0.05) is 43.6 Å². The summed E-state index contributed by atoms with van der Waals surface area (Å²) < 4.78 is 16.5.